The summed E-state index contributed by atoms with van der Waals surface area (Å²) in [5, 5.41) is 13.5. The number of aliphatic hydroxyl groups is 1. The van der Waals surface area contributed by atoms with Crippen LogP contribution in [0.3, 0.4) is 0 Å². The van der Waals surface area contributed by atoms with Gasteiger partial charge in [0.2, 0.25) is 5.91 Å². The highest BCUT2D eigenvalue weighted by Crippen LogP contribution is 2.03. The molecular formula is C5H8N2O2. The molecule has 0 spiro atoms. The van der Waals surface area contributed by atoms with Gasteiger partial charge in [-0.25, -0.2) is 5.01 Å². The van der Waals surface area contributed by atoms with Crippen LogP contribution in [-0.4, -0.2) is 35.4 Å². The molecule has 0 unspecified atom stereocenters. The summed E-state index contributed by atoms with van der Waals surface area (Å²) >= 11 is 0. The Kier molecular flexibility index (Phi) is 1.48. The average molecular weight is 128 g/mol. The zero-order valence-electron chi connectivity index (χ0n) is 5.16. The summed E-state index contributed by atoms with van der Waals surface area (Å²) in [5.74, 6) is -0.0564. The van der Waals surface area contributed by atoms with Crippen LogP contribution in [0, 0.1) is 0 Å². The standard InChI is InChI=1S/C5H8N2O2/c1-7-5(9)2-4(3-8)6-7/h8H,2-3H2,1H3. The molecule has 0 radical (unpaired) electrons. The van der Waals surface area contributed by atoms with Crippen molar-refractivity contribution >= 4 is 11.6 Å². The Labute approximate surface area is 52.8 Å². The SMILES string of the molecule is CN1N=C(CO)CC1=O. The highest BCUT2D eigenvalue weighted by atomic mass is 16.3. The molecule has 50 valence electrons. The number of carbonyl (C=O) groups is 1. The Morgan fingerprint density at radius 3 is 2.78 bits per heavy atom. The molecule has 1 aliphatic rings. The van der Waals surface area contributed by atoms with Crippen molar-refractivity contribution in [3.8, 4) is 0 Å². The summed E-state index contributed by atoms with van der Waals surface area (Å²) in [6.45, 7) is -0.115. The highest BCUT2D eigenvalue weighted by molar-refractivity contribution is 6.05. The van der Waals surface area contributed by atoms with Gasteiger partial charge >= 0.3 is 0 Å². The second-order valence-corrected chi connectivity index (χ2v) is 1.92. The van der Waals surface area contributed by atoms with Crippen molar-refractivity contribution in [2.75, 3.05) is 13.7 Å². The molecule has 4 nitrogen and oxygen atoms in total. The van der Waals surface area contributed by atoms with Crippen LogP contribution in [0.5, 0.6) is 0 Å². The van der Waals surface area contributed by atoms with Crippen molar-refractivity contribution in [1.29, 1.82) is 0 Å². The van der Waals surface area contributed by atoms with Gasteiger partial charge in [0, 0.05) is 7.05 Å². The van der Waals surface area contributed by atoms with E-state index < -0.39 is 0 Å². The van der Waals surface area contributed by atoms with Crippen LogP contribution >= 0.6 is 0 Å². The molecule has 1 heterocycles. The fraction of sp³-hybridized carbons (Fsp3) is 0.600. The number of hydrazone groups is 1. The molecule has 0 atom stereocenters. The van der Waals surface area contributed by atoms with Crippen LogP contribution in [0.1, 0.15) is 6.42 Å². The fourth-order valence-electron chi connectivity index (χ4n) is 0.680. The molecule has 0 saturated heterocycles. The highest BCUT2D eigenvalue weighted by Gasteiger charge is 2.18. The number of aliphatic hydroxyl groups excluding tert-OH is 1. The van der Waals surface area contributed by atoms with E-state index in [-0.39, 0.29) is 18.9 Å². The maximum Gasteiger partial charge on any atom is 0.248 e. The second kappa shape index (κ2) is 2.14. The third-order valence-corrected chi connectivity index (χ3v) is 1.19. The van der Waals surface area contributed by atoms with Gasteiger partial charge in [0.25, 0.3) is 0 Å². The molecule has 1 aliphatic heterocycles. The lowest BCUT2D eigenvalue weighted by Crippen LogP contribution is -2.14. The maximum atomic E-state index is 10.6. The molecule has 9 heavy (non-hydrogen) atoms. The number of hydrogen-bond acceptors (Lipinski definition) is 3. The van der Waals surface area contributed by atoms with E-state index in [1.54, 1.807) is 7.05 Å². The first kappa shape index (κ1) is 6.22. The Morgan fingerprint density at radius 1 is 1.89 bits per heavy atom. The topological polar surface area (TPSA) is 52.9 Å². The first-order valence-corrected chi connectivity index (χ1v) is 2.68. The molecule has 0 saturated carbocycles. The summed E-state index contributed by atoms with van der Waals surface area (Å²) < 4.78 is 0. The second-order valence-electron chi connectivity index (χ2n) is 1.92. The Hall–Kier alpha value is -0.900. The van der Waals surface area contributed by atoms with Gasteiger partial charge in [0.15, 0.2) is 0 Å². The van der Waals surface area contributed by atoms with Crippen molar-refractivity contribution in [3.63, 3.8) is 0 Å². The number of amides is 1. The minimum atomic E-state index is -0.115. The predicted molar refractivity (Wildman–Crippen MR) is 31.9 cm³/mol. The number of nitrogens with zero attached hydrogens (tertiary/aromatic N) is 2. The molecule has 0 bridgehead atoms. The predicted octanol–water partition coefficient (Wildman–Crippen LogP) is -0.803. The molecule has 4 heteroatoms. The van der Waals surface area contributed by atoms with Gasteiger partial charge in [-0.1, -0.05) is 0 Å². The third-order valence-electron chi connectivity index (χ3n) is 1.19. The lowest BCUT2D eigenvalue weighted by Gasteiger charge is -1.98. The van der Waals surface area contributed by atoms with Gasteiger partial charge < -0.3 is 5.11 Å². The molecule has 1 amide bonds. The summed E-state index contributed by atoms with van der Waals surface area (Å²) in [7, 11) is 1.57. The van der Waals surface area contributed by atoms with Crippen molar-refractivity contribution in [3.05, 3.63) is 0 Å². The molecule has 1 rings (SSSR count). The Bertz CT molecular complexity index is 164. The lowest BCUT2D eigenvalue weighted by molar-refractivity contribution is -0.127. The van der Waals surface area contributed by atoms with E-state index in [1.807, 2.05) is 0 Å². The third kappa shape index (κ3) is 1.08. The molecule has 1 N–H and O–H groups in total. The van der Waals surface area contributed by atoms with Gasteiger partial charge in [0.1, 0.15) is 0 Å². The maximum absolute atomic E-state index is 10.6. The van der Waals surface area contributed by atoms with Crippen molar-refractivity contribution in [1.82, 2.24) is 5.01 Å². The molecule has 0 aliphatic carbocycles. The fourth-order valence-corrected chi connectivity index (χ4v) is 0.680. The van der Waals surface area contributed by atoms with Crippen molar-refractivity contribution < 1.29 is 9.90 Å². The van der Waals surface area contributed by atoms with Crippen LogP contribution in [0.2, 0.25) is 0 Å². The van der Waals surface area contributed by atoms with Crippen LogP contribution in [0.25, 0.3) is 0 Å². The normalized spacial score (nSPS) is 18.7. The monoisotopic (exact) mass is 128 g/mol. The van der Waals surface area contributed by atoms with E-state index >= 15 is 0 Å². The van der Waals surface area contributed by atoms with E-state index in [2.05, 4.69) is 5.10 Å². The van der Waals surface area contributed by atoms with Gasteiger partial charge in [0.05, 0.1) is 18.7 Å². The minimum Gasteiger partial charge on any atom is -0.390 e. The number of hydrogen-bond donors (Lipinski definition) is 1. The van der Waals surface area contributed by atoms with E-state index in [0.717, 1.165) is 0 Å². The average Bonchev–Trinajstić information content (AvgIpc) is 2.13. The van der Waals surface area contributed by atoms with Crippen LogP contribution in [-0.2, 0) is 4.79 Å². The van der Waals surface area contributed by atoms with Crippen molar-refractivity contribution in [2.24, 2.45) is 5.10 Å². The summed E-state index contributed by atoms with van der Waals surface area (Å²) in [5.41, 5.74) is 0.544. The van der Waals surface area contributed by atoms with Crippen LogP contribution in [0.4, 0.5) is 0 Å². The van der Waals surface area contributed by atoms with E-state index in [9.17, 15) is 4.79 Å². The Balaban J connectivity index is 2.62. The van der Waals surface area contributed by atoms with Gasteiger partial charge in [-0.05, 0) is 0 Å². The molecule has 0 aromatic rings. The Morgan fingerprint density at radius 2 is 2.56 bits per heavy atom. The van der Waals surface area contributed by atoms with Gasteiger partial charge in [-0.15, -0.1) is 0 Å². The van der Waals surface area contributed by atoms with E-state index in [0.29, 0.717) is 5.71 Å². The minimum absolute atomic E-state index is 0.0564. The first-order valence-electron chi connectivity index (χ1n) is 2.68. The summed E-state index contributed by atoms with van der Waals surface area (Å²) in [4.78, 5) is 10.6. The van der Waals surface area contributed by atoms with Crippen LogP contribution in [0.15, 0.2) is 5.10 Å². The number of carbonyl (C=O) groups excluding carboxylic acids is 1. The zero-order chi connectivity index (χ0) is 6.85. The van der Waals surface area contributed by atoms with Crippen molar-refractivity contribution in [2.45, 2.75) is 6.42 Å². The molecule has 0 fully saturated rings. The summed E-state index contributed by atoms with van der Waals surface area (Å²) in [6, 6.07) is 0. The molecule has 0 aromatic heterocycles. The first-order chi connectivity index (χ1) is 4.24. The zero-order valence-corrected chi connectivity index (χ0v) is 5.16. The molecular weight excluding hydrogens is 120 g/mol. The largest absolute Gasteiger partial charge is 0.390 e. The smallest absolute Gasteiger partial charge is 0.248 e. The molecule has 0 aromatic carbocycles. The number of rotatable bonds is 1. The quantitative estimate of drug-likeness (QED) is 0.502. The van der Waals surface area contributed by atoms with Gasteiger partial charge in [-0.2, -0.15) is 5.10 Å². The van der Waals surface area contributed by atoms with E-state index in [4.69, 9.17) is 5.11 Å². The van der Waals surface area contributed by atoms with Gasteiger partial charge in [-0.3, -0.25) is 4.79 Å². The lowest BCUT2D eigenvalue weighted by atomic mass is 10.3. The van der Waals surface area contributed by atoms with Crippen LogP contribution < -0.4 is 0 Å². The van der Waals surface area contributed by atoms with E-state index in [1.165, 1.54) is 5.01 Å². The summed E-state index contributed by atoms with van der Waals surface area (Å²) in [6.07, 6.45) is 0.271.